The van der Waals surface area contributed by atoms with Gasteiger partial charge in [0.2, 0.25) is 0 Å². The van der Waals surface area contributed by atoms with Crippen LogP contribution in [0.3, 0.4) is 0 Å². The molecule has 0 aliphatic carbocycles. The van der Waals surface area contributed by atoms with Crippen molar-refractivity contribution in [1.82, 2.24) is 4.98 Å². The monoisotopic (exact) mass is 243 g/mol. The molecule has 6 heteroatoms. The summed E-state index contributed by atoms with van der Waals surface area (Å²) in [5.41, 5.74) is 1.44. The minimum absolute atomic E-state index is 0.231. The van der Waals surface area contributed by atoms with Gasteiger partial charge in [-0.1, -0.05) is 0 Å². The second-order valence-electron chi connectivity index (χ2n) is 3.70. The van der Waals surface area contributed by atoms with Crippen molar-refractivity contribution in [2.75, 3.05) is 6.26 Å². The molecule has 0 fully saturated rings. The molecule has 0 amide bonds. The molecular formula is C10H13NO4S. The number of hydrogen-bond donors (Lipinski definition) is 1. The summed E-state index contributed by atoms with van der Waals surface area (Å²) in [6.45, 7) is 4.96. The second kappa shape index (κ2) is 3.86. The van der Waals surface area contributed by atoms with E-state index in [1.54, 1.807) is 20.8 Å². The summed E-state index contributed by atoms with van der Waals surface area (Å²) < 4.78 is 22.9. The smallest absolute Gasteiger partial charge is 0.338 e. The van der Waals surface area contributed by atoms with Crippen LogP contribution in [0.5, 0.6) is 0 Å². The molecule has 1 aromatic rings. The number of carboxylic acids is 1. The number of rotatable bonds is 2. The van der Waals surface area contributed by atoms with Crippen molar-refractivity contribution < 1.29 is 18.3 Å². The fourth-order valence-corrected chi connectivity index (χ4v) is 2.35. The Kier molecular flexibility index (Phi) is 3.05. The Morgan fingerprint density at radius 3 is 2.06 bits per heavy atom. The number of aryl methyl sites for hydroxylation is 1. The summed E-state index contributed by atoms with van der Waals surface area (Å²) in [7, 11) is -3.63. The van der Waals surface area contributed by atoms with Crippen molar-refractivity contribution in [3.63, 3.8) is 0 Å². The van der Waals surface area contributed by atoms with Crippen molar-refractivity contribution in [3.8, 4) is 0 Å². The average molecular weight is 243 g/mol. The first kappa shape index (κ1) is 12.6. The van der Waals surface area contributed by atoms with Crippen molar-refractivity contribution in [2.24, 2.45) is 0 Å². The fourth-order valence-electron chi connectivity index (χ4n) is 1.43. The van der Waals surface area contributed by atoms with Crippen LogP contribution >= 0.6 is 0 Å². The minimum Gasteiger partial charge on any atom is -0.478 e. The van der Waals surface area contributed by atoms with E-state index in [1.807, 2.05) is 0 Å². The quantitative estimate of drug-likeness (QED) is 0.841. The summed E-state index contributed by atoms with van der Waals surface area (Å²) in [6, 6.07) is 0. The molecule has 0 bridgehead atoms. The molecule has 16 heavy (non-hydrogen) atoms. The Bertz CT molecular complexity index is 561. The molecule has 0 aliphatic rings. The lowest BCUT2D eigenvalue weighted by Gasteiger charge is -2.11. The SMILES string of the molecule is Cc1nc(S(C)(=O)=O)c(C(=O)O)c(C)c1C. The lowest BCUT2D eigenvalue weighted by molar-refractivity contribution is 0.0690. The maximum absolute atomic E-state index is 11.4. The molecule has 0 unspecified atom stereocenters. The van der Waals surface area contributed by atoms with Gasteiger partial charge in [-0.3, -0.25) is 0 Å². The Labute approximate surface area is 94.1 Å². The number of sulfone groups is 1. The van der Waals surface area contributed by atoms with Crippen LogP contribution in [0.25, 0.3) is 0 Å². The van der Waals surface area contributed by atoms with Gasteiger partial charge in [0, 0.05) is 11.9 Å². The van der Waals surface area contributed by atoms with Crippen LogP contribution in [-0.4, -0.2) is 30.7 Å². The predicted octanol–water partition coefficient (Wildman–Crippen LogP) is 1.11. The van der Waals surface area contributed by atoms with Gasteiger partial charge in [-0.25, -0.2) is 18.2 Å². The van der Waals surface area contributed by atoms with Crippen LogP contribution in [0.15, 0.2) is 5.03 Å². The molecule has 0 atom stereocenters. The third-order valence-corrected chi connectivity index (χ3v) is 3.53. The first-order valence-corrected chi connectivity index (χ1v) is 6.46. The van der Waals surface area contributed by atoms with Gasteiger partial charge in [-0.05, 0) is 31.9 Å². The third-order valence-electron chi connectivity index (χ3n) is 2.53. The van der Waals surface area contributed by atoms with E-state index in [4.69, 9.17) is 5.11 Å². The molecule has 0 aliphatic heterocycles. The van der Waals surface area contributed by atoms with Gasteiger partial charge in [0.05, 0.1) is 5.56 Å². The molecule has 0 radical (unpaired) electrons. The van der Waals surface area contributed by atoms with Crippen molar-refractivity contribution in [3.05, 3.63) is 22.4 Å². The summed E-state index contributed by atoms with van der Waals surface area (Å²) in [4.78, 5) is 14.9. The maximum Gasteiger partial charge on any atom is 0.338 e. The number of carboxylic acid groups (broad SMARTS) is 1. The standard InChI is InChI=1S/C10H13NO4S/c1-5-6(2)8(10(12)13)9(11-7(5)3)16(4,14)15/h1-4H3,(H,12,13). The van der Waals surface area contributed by atoms with Crippen LogP contribution in [-0.2, 0) is 9.84 Å². The predicted molar refractivity (Wildman–Crippen MR) is 58.5 cm³/mol. The van der Waals surface area contributed by atoms with Gasteiger partial charge < -0.3 is 5.11 Å². The molecule has 88 valence electrons. The zero-order chi connectivity index (χ0) is 12.7. The second-order valence-corrected chi connectivity index (χ2v) is 5.64. The highest BCUT2D eigenvalue weighted by molar-refractivity contribution is 7.90. The van der Waals surface area contributed by atoms with Gasteiger partial charge >= 0.3 is 5.97 Å². The Morgan fingerprint density at radius 1 is 1.19 bits per heavy atom. The Balaban J connectivity index is 3.82. The number of aromatic carboxylic acids is 1. The van der Waals surface area contributed by atoms with Crippen LogP contribution in [0.1, 0.15) is 27.2 Å². The first-order chi connectivity index (χ1) is 7.16. The van der Waals surface area contributed by atoms with Gasteiger partial charge in [-0.15, -0.1) is 0 Å². The fraction of sp³-hybridized carbons (Fsp3) is 0.400. The van der Waals surface area contributed by atoms with E-state index in [1.165, 1.54) is 0 Å². The van der Waals surface area contributed by atoms with Gasteiger partial charge in [0.25, 0.3) is 0 Å². The Morgan fingerprint density at radius 2 is 1.69 bits per heavy atom. The normalized spacial score (nSPS) is 11.5. The molecule has 1 N–H and O–H groups in total. The summed E-state index contributed by atoms with van der Waals surface area (Å²) in [5.74, 6) is -1.27. The third kappa shape index (κ3) is 2.06. The van der Waals surface area contributed by atoms with E-state index < -0.39 is 15.8 Å². The van der Waals surface area contributed by atoms with Gasteiger partial charge in [-0.2, -0.15) is 0 Å². The largest absolute Gasteiger partial charge is 0.478 e. The summed E-state index contributed by atoms with van der Waals surface area (Å²) >= 11 is 0. The number of nitrogens with zero attached hydrogens (tertiary/aromatic N) is 1. The molecule has 1 aromatic heterocycles. The number of pyridine rings is 1. The van der Waals surface area contributed by atoms with E-state index in [0.717, 1.165) is 6.26 Å². The summed E-state index contributed by atoms with van der Waals surface area (Å²) in [6.07, 6.45) is 0.954. The summed E-state index contributed by atoms with van der Waals surface area (Å²) in [5, 5.41) is 8.66. The van der Waals surface area contributed by atoms with Crippen molar-refractivity contribution in [2.45, 2.75) is 25.8 Å². The van der Waals surface area contributed by atoms with Crippen LogP contribution in [0.2, 0.25) is 0 Å². The average Bonchev–Trinajstić information content (AvgIpc) is 2.11. The number of aromatic nitrogens is 1. The van der Waals surface area contributed by atoms with Gasteiger partial charge in [0.15, 0.2) is 14.9 Å². The highest BCUT2D eigenvalue weighted by Gasteiger charge is 2.24. The molecule has 1 rings (SSSR count). The van der Waals surface area contributed by atoms with E-state index in [2.05, 4.69) is 4.98 Å². The van der Waals surface area contributed by atoms with E-state index in [-0.39, 0.29) is 10.6 Å². The lowest BCUT2D eigenvalue weighted by Crippen LogP contribution is -2.14. The van der Waals surface area contributed by atoms with Crippen LogP contribution in [0, 0.1) is 20.8 Å². The highest BCUT2D eigenvalue weighted by Crippen LogP contribution is 2.22. The lowest BCUT2D eigenvalue weighted by atomic mass is 10.0. The maximum atomic E-state index is 11.4. The molecule has 0 saturated heterocycles. The zero-order valence-corrected chi connectivity index (χ0v) is 10.3. The number of carbonyl (C=O) groups is 1. The highest BCUT2D eigenvalue weighted by atomic mass is 32.2. The van der Waals surface area contributed by atoms with Crippen LogP contribution < -0.4 is 0 Å². The molecule has 1 heterocycles. The molecule has 0 spiro atoms. The van der Waals surface area contributed by atoms with Crippen molar-refractivity contribution in [1.29, 1.82) is 0 Å². The molecule has 0 aromatic carbocycles. The van der Waals surface area contributed by atoms with E-state index in [0.29, 0.717) is 16.8 Å². The van der Waals surface area contributed by atoms with Crippen molar-refractivity contribution >= 4 is 15.8 Å². The zero-order valence-electron chi connectivity index (χ0n) is 9.53. The first-order valence-electron chi connectivity index (χ1n) is 4.57. The minimum atomic E-state index is -3.63. The Hall–Kier alpha value is -1.43. The molecule has 5 nitrogen and oxygen atoms in total. The van der Waals surface area contributed by atoms with E-state index in [9.17, 15) is 13.2 Å². The molecular weight excluding hydrogens is 230 g/mol. The molecule has 0 saturated carbocycles. The number of hydrogen-bond acceptors (Lipinski definition) is 4. The topological polar surface area (TPSA) is 84.3 Å². The van der Waals surface area contributed by atoms with Gasteiger partial charge in [0.1, 0.15) is 0 Å². The van der Waals surface area contributed by atoms with E-state index >= 15 is 0 Å². The van der Waals surface area contributed by atoms with Crippen LogP contribution in [0.4, 0.5) is 0 Å².